The van der Waals surface area contributed by atoms with E-state index in [1.54, 1.807) is 0 Å². The molecule has 7 aromatic rings. The van der Waals surface area contributed by atoms with E-state index >= 15 is 0 Å². The van der Waals surface area contributed by atoms with Crippen LogP contribution in [0.15, 0.2) is 133 Å². The zero-order chi connectivity index (χ0) is 24.8. The summed E-state index contributed by atoms with van der Waals surface area (Å²) in [6, 6.07) is 48.1. The van der Waals surface area contributed by atoms with Gasteiger partial charge in [-0.2, -0.15) is 0 Å². The van der Waals surface area contributed by atoms with E-state index in [0.29, 0.717) is 0 Å². The van der Waals surface area contributed by atoms with Gasteiger partial charge in [0, 0.05) is 11.3 Å². The SMILES string of the molecule is Cc1cccc(-c2ccc3cc(-c4c5ccccc5c(-c5ccccc5)c5ccccc45)ccc3c2)n1. The second kappa shape index (κ2) is 8.72. The molecule has 6 aromatic carbocycles. The summed E-state index contributed by atoms with van der Waals surface area (Å²) >= 11 is 0. The van der Waals surface area contributed by atoms with Crippen LogP contribution in [0.25, 0.3) is 65.8 Å². The summed E-state index contributed by atoms with van der Waals surface area (Å²) in [6.07, 6.45) is 0. The Hall–Kier alpha value is -4.75. The summed E-state index contributed by atoms with van der Waals surface area (Å²) in [7, 11) is 0. The fourth-order valence-electron chi connectivity index (χ4n) is 5.62. The van der Waals surface area contributed by atoms with Crippen molar-refractivity contribution >= 4 is 32.3 Å². The molecular formula is C36H25N. The van der Waals surface area contributed by atoms with Crippen LogP contribution in [0, 0.1) is 6.92 Å². The molecule has 0 saturated carbocycles. The van der Waals surface area contributed by atoms with E-state index in [-0.39, 0.29) is 0 Å². The second-order valence-corrected chi connectivity index (χ2v) is 9.65. The number of aromatic nitrogens is 1. The van der Waals surface area contributed by atoms with E-state index in [9.17, 15) is 0 Å². The van der Waals surface area contributed by atoms with Crippen LogP contribution < -0.4 is 0 Å². The number of pyridine rings is 1. The van der Waals surface area contributed by atoms with E-state index in [2.05, 4.69) is 127 Å². The van der Waals surface area contributed by atoms with E-state index in [1.807, 2.05) is 13.0 Å². The summed E-state index contributed by atoms with van der Waals surface area (Å²) in [4.78, 5) is 4.72. The van der Waals surface area contributed by atoms with E-state index in [4.69, 9.17) is 4.98 Å². The Morgan fingerprint density at radius 2 is 0.919 bits per heavy atom. The minimum Gasteiger partial charge on any atom is -0.253 e. The molecule has 37 heavy (non-hydrogen) atoms. The third-order valence-electron chi connectivity index (χ3n) is 7.31. The maximum absolute atomic E-state index is 4.72. The molecule has 0 aliphatic carbocycles. The maximum atomic E-state index is 4.72. The minimum atomic E-state index is 1.01. The Labute approximate surface area is 216 Å². The molecule has 1 heteroatoms. The Morgan fingerprint density at radius 3 is 1.51 bits per heavy atom. The summed E-state index contributed by atoms with van der Waals surface area (Å²) < 4.78 is 0. The standard InChI is InChI=1S/C36H25N/c1-24-10-9-17-34(37-24)28-20-18-27-23-29(21-19-26(27)22-28)36-32-15-7-5-13-30(32)35(25-11-3-2-4-12-25)31-14-6-8-16-33(31)36/h2-23H,1H3. The zero-order valence-corrected chi connectivity index (χ0v) is 20.6. The zero-order valence-electron chi connectivity index (χ0n) is 20.6. The number of aryl methyl sites for hydroxylation is 1. The molecule has 0 spiro atoms. The first kappa shape index (κ1) is 21.5. The second-order valence-electron chi connectivity index (χ2n) is 9.65. The van der Waals surface area contributed by atoms with Crippen molar-refractivity contribution in [3.05, 3.63) is 139 Å². The number of benzene rings is 6. The smallest absolute Gasteiger partial charge is 0.0705 e. The minimum absolute atomic E-state index is 1.01. The molecule has 0 N–H and O–H groups in total. The molecular weight excluding hydrogens is 446 g/mol. The lowest BCUT2D eigenvalue weighted by Gasteiger charge is -2.18. The molecule has 0 amide bonds. The summed E-state index contributed by atoms with van der Waals surface area (Å²) in [5, 5.41) is 7.57. The van der Waals surface area contributed by atoms with Crippen molar-refractivity contribution in [3.63, 3.8) is 0 Å². The quantitative estimate of drug-likeness (QED) is 0.234. The van der Waals surface area contributed by atoms with Gasteiger partial charge in [-0.25, -0.2) is 0 Å². The number of hydrogen-bond donors (Lipinski definition) is 0. The lowest BCUT2D eigenvalue weighted by molar-refractivity contribution is 1.21. The molecule has 0 radical (unpaired) electrons. The van der Waals surface area contributed by atoms with Crippen LogP contribution in [-0.2, 0) is 0 Å². The Kier molecular flexibility index (Phi) is 5.08. The molecule has 7 rings (SSSR count). The van der Waals surface area contributed by atoms with E-state index in [1.165, 1.54) is 54.6 Å². The van der Waals surface area contributed by atoms with Gasteiger partial charge < -0.3 is 0 Å². The van der Waals surface area contributed by atoms with Crippen molar-refractivity contribution in [2.24, 2.45) is 0 Å². The third-order valence-corrected chi connectivity index (χ3v) is 7.31. The average molecular weight is 472 g/mol. The number of fused-ring (bicyclic) bond motifs is 3. The van der Waals surface area contributed by atoms with Crippen molar-refractivity contribution < 1.29 is 0 Å². The summed E-state index contributed by atoms with van der Waals surface area (Å²) in [5.74, 6) is 0. The largest absolute Gasteiger partial charge is 0.253 e. The Morgan fingerprint density at radius 1 is 0.405 bits per heavy atom. The van der Waals surface area contributed by atoms with Gasteiger partial charge in [0.05, 0.1) is 5.69 Å². The average Bonchev–Trinajstić information content (AvgIpc) is 2.96. The van der Waals surface area contributed by atoms with Gasteiger partial charge >= 0.3 is 0 Å². The Balaban J connectivity index is 1.47. The molecule has 0 bridgehead atoms. The fourth-order valence-corrected chi connectivity index (χ4v) is 5.62. The molecule has 1 heterocycles. The summed E-state index contributed by atoms with van der Waals surface area (Å²) in [6.45, 7) is 2.04. The van der Waals surface area contributed by atoms with Gasteiger partial charge in [-0.1, -0.05) is 109 Å². The van der Waals surface area contributed by atoms with Gasteiger partial charge in [0.25, 0.3) is 0 Å². The highest BCUT2D eigenvalue weighted by Gasteiger charge is 2.16. The van der Waals surface area contributed by atoms with Crippen LogP contribution in [0.3, 0.4) is 0 Å². The molecule has 174 valence electrons. The third kappa shape index (κ3) is 3.68. The molecule has 1 aromatic heterocycles. The van der Waals surface area contributed by atoms with Crippen LogP contribution in [0.1, 0.15) is 5.69 Å². The molecule has 0 unspecified atom stereocenters. The van der Waals surface area contributed by atoms with Crippen LogP contribution in [-0.4, -0.2) is 4.98 Å². The summed E-state index contributed by atoms with van der Waals surface area (Å²) in [5.41, 5.74) is 8.26. The molecule has 0 saturated heterocycles. The first-order valence-electron chi connectivity index (χ1n) is 12.7. The van der Waals surface area contributed by atoms with Crippen molar-refractivity contribution in [1.82, 2.24) is 4.98 Å². The lowest BCUT2D eigenvalue weighted by Crippen LogP contribution is -1.91. The molecule has 0 aliphatic heterocycles. The number of hydrogen-bond acceptors (Lipinski definition) is 1. The van der Waals surface area contributed by atoms with Crippen molar-refractivity contribution in [2.45, 2.75) is 6.92 Å². The highest BCUT2D eigenvalue weighted by molar-refractivity contribution is 6.21. The van der Waals surface area contributed by atoms with Crippen LogP contribution in [0.4, 0.5) is 0 Å². The van der Waals surface area contributed by atoms with Crippen molar-refractivity contribution in [1.29, 1.82) is 0 Å². The fraction of sp³-hybridized carbons (Fsp3) is 0.0278. The normalized spacial score (nSPS) is 11.4. The van der Waals surface area contributed by atoms with E-state index in [0.717, 1.165) is 17.0 Å². The number of rotatable bonds is 3. The monoisotopic (exact) mass is 471 g/mol. The first-order valence-corrected chi connectivity index (χ1v) is 12.7. The maximum Gasteiger partial charge on any atom is 0.0705 e. The van der Waals surface area contributed by atoms with Gasteiger partial charge in [-0.15, -0.1) is 0 Å². The van der Waals surface area contributed by atoms with Crippen molar-refractivity contribution in [3.8, 4) is 33.5 Å². The highest BCUT2D eigenvalue weighted by atomic mass is 14.7. The van der Waals surface area contributed by atoms with Crippen LogP contribution >= 0.6 is 0 Å². The predicted molar refractivity (Wildman–Crippen MR) is 158 cm³/mol. The predicted octanol–water partition coefficient (Wildman–Crippen LogP) is 9.85. The van der Waals surface area contributed by atoms with Gasteiger partial charge in [0.1, 0.15) is 0 Å². The highest BCUT2D eigenvalue weighted by Crippen LogP contribution is 2.44. The molecule has 1 nitrogen and oxygen atoms in total. The topological polar surface area (TPSA) is 12.9 Å². The van der Waals surface area contributed by atoms with E-state index < -0.39 is 0 Å². The van der Waals surface area contributed by atoms with Gasteiger partial charge in [0.15, 0.2) is 0 Å². The van der Waals surface area contributed by atoms with Gasteiger partial charge in [0.2, 0.25) is 0 Å². The van der Waals surface area contributed by atoms with Crippen molar-refractivity contribution in [2.75, 3.05) is 0 Å². The number of nitrogens with zero attached hydrogens (tertiary/aromatic N) is 1. The first-order chi connectivity index (χ1) is 18.3. The lowest BCUT2D eigenvalue weighted by atomic mass is 9.85. The van der Waals surface area contributed by atoms with Gasteiger partial charge in [-0.05, 0) is 85.8 Å². The molecule has 0 fully saturated rings. The van der Waals surface area contributed by atoms with Crippen LogP contribution in [0.5, 0.6) is 0 Å². The van der Waals surface area contributed by atoms with Gasteiger partial charge in [-0.3, -0.25) is 4.98 Å². The molecule has 0 atom stereocenters. The molecule has 0 aliphatic rings. The Bertz CT molecular complexity index is 1880. The van der Waals surface area contributed by atoms with Crippen LogP contribution in [0.2, 0.25) is 0 Å².